The predicted molar refractivity (Wildman–Crippen MR) is 97.7 cm³/mol. The lowest BCUT2D eigenvalue weighted by atomic mass is 9.50. The predicted octanol–water partition coefficient (Wildman–Crippen LogP) is 4.34. The fraction of sp³-hybridized carbons (Fsp3) is 0.500. The highest BCUT2D eigenvalue weighted by Gasteiger charge is 2.81. The fourth-order valence-corrected chi connectivity index (χ4v) is 5.36. The number of rotatable bonds is 1. The largest absolute Gasteiger partial charge is 0.447 e. The van der Waals surface area contributed by atoms with Crippen molar-refractivity contribution in [2.45, 2.75) is 38.1 Å². The highest BCUT2D eigenvalue weighted by Crippen LogP contribution is 2.70. The molecular formula is C20H16BrFN4O2. The van der Waals surface area contributed by atoms with Crippen LogP contribution in [0, 0.1) is 67.9 Å². The number of nitrogens with one attached hydrogen (secondary N) is 1. The van der Waals surface area contributed by atoms with Gasteiger partial charge in [0, 0.05) is 16.5 Å². The lowest BCUT2D eigenvalue weighted by Crippen LogP contribution is -2.61. The molecule has 4 rings (SSSR count). The average molecular weight is 443 g/mol. The smallest absolute Gasteiger partial charge is 0.217 e. The quantitative estimate of drug-likeness (QED) is 0.694. The summed E-state index contributed by atoms with van der Waals surface area (Å²) in [6.45, 7) is 2.02. The second-order valence-corrected chi connectivity index (χ2v) is 8.71. The molecule has 1 saturated carbocycles. The Morgan fingerprint density at radius 3 is 2.57 bits per heavy atom. The maximum atomic E-state index is 14.8. The minimum Gasteiger partial charge on any atom is -0.447 e. The van der Waals surface area contributed by atoms with Gasteiger partial charge < -0.3 is 9.47 Å². The van der Waals surface area contributed by atoms with Crippen molar-refractivity contribution in [1.82, 2.24) is 0 Å². The van der Waals surface area contributed by atoms with Crippen molar-refractivity contribution in [1.29, 1.82) is 21.2 Å². The van der Waals surface area contributed by atoms with Crippen LogP contribution in [0.15, 0.2) is 22.7 Å². The molecule has 5 unspecified atom stereocenters. The van der Waals surface area contributed by atoms with Crippen molar-refractivity contribution in [3.8, 4) is 18.2 Å². The summed E-state index contributed by atoms with van der Waals surface area (Å²) in [4.78, 5) is 0. The van der Waals surface area contributed by atoms with Crippen LogP contribution in [-0.4, -0.2) is 11.7 Å². The molecule has 1 aliphatic carbocycles. The Balaban J connectivity index is 2.01. The monoisotopic (exact) mass is 442 g/mol. The summed E-state index contributed by atoms with van der Waals surface area (Å²) in [6.07, 6.45) is 0.276. The van der Waals surface area contributed by atoms with E-state index < -0.39 is 40.4 Å². The molecule has 142 valence electrons. The fourth-order valence-electron chi connectivity index (χ4n) is 5.02. The molecule has 1 aromatic carbocycles. The molecule has 3 fully saturated rings. The van der Waals surface area contributed by atoms with Gasteiger partial charge in [-0.25, -0.2) is 4.39 Å². The number of nitrogens with zero attached hydrogens (tertiary/aromatic N) is 3. The Morgan fingerprint density at radius 2 is 1.96 bits per heavy atom. The Hall–Kier alpha value is -2.47. The molecule has 8 heteroatoms. The first-order valence-electron chi connectivity index (χ1n) is 8.95. The number of benzene rings is 1. The van der Waals surface area contributed by atoms with Gasteiger partial charge in [-0.3, -0.25) is 5.41 Å². The maximum absolute atomic E-state index is 14.8. The topological polar surface area (TPSA) is 114 Å². The molecular weight excluding hydrogens is 427 g/mol. The van der Waals surface area contributed by atoms with Gasteiger partial charge in [-0.05, 0) is 30.9 Å². The van der Waals surface area contributed by atoms with E-state index in [9.17, 15) is 20.2 Å². The van der Waals surface area contributed by atoms with Gasteiger partial charge in [0.15, 0.2) is 5.41 Å². The van der Waals surface area contributed by atoms with Crippen molar-refractivity contribution in [3.05, 3.63) is 34.1 Å². The van der Waals surface area contributed by atoms with Crippen LogP contribution in [-0.2, 0) is 9.47 Å². The second kappa shape index (κ2) is 6.01. The van der Waals surface area contributed by atoms with Crippen LogP contribution < -0.4 is 0 Å². The number of ether oxygens (including phenoxy) is 2. The third-order valence-electron chi connectivity index (χ3n) is 6.42. The SMILES string of the molecule is CC1CCC23OC(=N)C(C#N)(C2C1)C(C#N)(C#N)C(c1ccc(Br)cc1F)O3. The molecule has 28 heavy (non-hydrogen) atoms. The number of hydrogen-bond donors (Lipinski definition) is 1. The van der Waals surface area contributed by atoms with E-state index in [4.69, 9.17) is 14.9 Å². The van der Waals surface area contributed by atoms with Crippen molar-refractivity contribution in [2.24, 2.45) is 22.7 Å². The Morgan fingerprint density at radius 1 is 1.25 bits per heavy atom. The summed E-state index contributed by atoms with van der Waals surface area (Å²) in [6, 6.07) is 10.2. The van der Waals surface area contributed by atoms with E-state index in [1.54, 1.807) is 6.07 Å². The summed E-state index contributed by atoms with van der Waals surface area (Å²) >= 11 is 3.19. The zero-order valence-corrected chi connectivity index (χ0v) is 16.6. The third-order valence-corrected chi connectivity index (χ3v) is 6.91. The van der Waals surface area contributed by atoms with Crippen LogP contribution in [0.3, 0.4) is 0 Å². The third kappa shape index (κ3) is 2.04. The van der Waals surface area contributed by atoms with Crippen LogP contribution in [0.4, 0.5) is 4.39 Å². The van der Waals surface area contributed by atoms with E-state index in [1.807, 2.05) is 19.1 Å². The number of halogens is 2. The van der Waals surface area contributed by atoms with Gasteiger partial charge in [-0.2, -0.15) is 15.8 Å². The van der Waals surface area contributed by atoms with Crippen molar-refractivity contribution < 1.29 is 13.9 Å². The molecule has 6 nitrogen and oxygen atoms in total. The molecule has 2 heterocycles. The molecule has 5 atom stereocenters. The molecule has 0 aromatic heterocycles. The molecule has 3 aliphatic rings. The number of hydrogen-bond acceptors (Lipinski definition) is 6. The lowest BCUT2D eigenvalue weighted by molar-refractivity contribution is -0.298. The number of nitriles is 3. The van der Waals surface area contributed by atoms with Crippen molar-refractivity contribution in [3.63, 3.8) is 0 Å². The first-order chi connectivity index (χ1) is 13.3. The van der Waals surface area contributed by atoms with E-state index in [-0.39, 0.29) is 11.5 Å². The van der Waals surface area contributed by atoms with Crippen LogP contribution >= 0.6 is 15.9 Å². The molecule has 2 aliphatic heterocycles. The van der Waals surface area contributed by atoms with Gasteiger partial charge in [0.05, 0.1) is 24.1 Å². The van der Waals surface area contributed by atoms with Gasteiger partial charge in [-0.1, -0.05) is 28.9 Å². The van der Waals surface area contributed by atoms with E-state index >= 15 is 0 Å². The normalized spacial score (nSPS) is 37.7. The van der Waals surface area contributed by atoms with Crippen LogP contribution in [0.2, 0.25) is 0 Å². The maximum Gasteiger partial charge on any atom is 0.217 e. The van der Waals surface area contributed by atoms with Gasteiger partial charge >= 0.3 is 0 Å². The van der Waals surface area contributed by atoms with Gasteiger partial charge in [0.2, 0.25) is 17.1 Å². The van der Waals surface area contributed by atoms with Crippen LogP contribution in [0.1, 0.15) is 37.9 Å². The first-order valence-corrected chi connectivity index (χ1v) is 9.74. The lowest BCUT2D eigenvalue weighted by Gasteiger charge is -2.52. The van der Waals surface area contributed by atoms with E-state index in [2.05, 4.69) is 22.0 Å². The van der Waals surface area contributed by atoms with E-state index in [0.717, 1.165) is 6.42 Å². The standard InChI is InChI=1S/C20H16BrFN4O2/c1-11-4-5-20-15(6-11)19(10-25,17(26)28-20)18(8-23,9-24)16(27-20)13-3-2-12(21)7-14(13)22/h2-3,7,11,15-16,26H,4-6H2,1H3. The Kier molecular flexibility index (Phi) is 4.05. The summed E-state index contributed by atoms with van der Waals surface area (Å²) in [5, 5.41) is 38.9. The average Bonchev–Trinajstić information content (AvgIpc) is 2.86. The highest BCUT2D eigenvalue weighted by molar-refractivity contribution is 9.10. The molecule has 0 radical (unpaired) electrons. The van der Waals surface area contributed by atoms with Crippen LogP contribution in [0.5, 0.6) is 0 Å². The zero-order valence-electron chi connectivity index (χ0n) is 15.0. The molecule has 2 saturated heterocycles. The van der Waals surface area contributed by atoms with Crippen molar-refractivity contribution >= 4 is 21.8 Å². The van der Waals surface area contributed by atoms with Gasteiger partial charge in [0.1, 0.15) is 11.9 Å². The minimum atomic E-state index is -2.12. The molecule has 0 spiro atoms. The first kappa shape index (κ1) is 18.9. The summed E-state index contributed by atoms with van der Waals surface area (Å²) < 4.78 is 27.3. The summed E-state index contributed by atoms with van der Waals surface area (Å²) in [5.41, 5.74) is -3.94. The van der Waals surface area contributed by atoms with Crippen LogP contribution in [0.25, 0.3) is 0 Å². The van der Waals surface area contributed by atoms with Crippen molar-refractivity contribution in [2.75, 3.05) is 0 Å². The minimum absolute atomic E-state index is 0.000622. The Bertz CT molecular complexity index is 995. The molecule has 0 amide bonds. The Labute approximate surface area is 170 Å². The molecule has 1 aromatic rings. The molecule has 2 bridgehead atoms. The summed E-state index contributed by atoms with van der Waals surface area (Å²) in [7, 11) is 0. The summed E-state index contributed by atoms with van der Waals surface area (Å²) in [5.74, 6) is -2.82. The van der Waals surface area contributed by atoms with Gasteiger partial charge in [0.25, 0.3) is 0 Å². The second-order valence-electron chi connectivity index (χ2n) is 7.79. The van der Waals surface area contributed by atoms with E-state index in [1.165, 1.54) is 12.1 Å². The zero-order chi connectivity index (χ0) is 20.3. The van der Waals surface area contributed by atoms with Gasteiger partial charge in [-0.15, -0.1) is 0 Å². The van der Waals surface area contributed by atoms with E-state index in [0.29, 0.717) is 17.3 Å². The molecule has 1 N–H and O–H groups in total. The highest BCUT2D eigenvalue weighted by atomic mass is 79.9.